The minimum atomic E-state index is 0.420. The first-order valence-electron chi connectivity index (χ1n) is 5.69. The van der Waals surface area contributed by atoms with Crippen molar-refractivity contribution in [2.75, 3.05) is 0 Å². The number of hydrogen-bond acceptors (Lipinski definition) is 2. The summed E-state index contributed by atoms with van der Waals surface area (Å²) in [5.74, 6) is 0.586. The Labute approximate surface area is 116 Å². The maximum absolute atomic E-state index is 6.03. The van der Waals surface area contributed by atoms with Crippen molar-refractivity contribution in [1.29, 1.82) is 0 Å². The molecule has 0 fully saturated rings. The fourth-order valence-electron chi connectivity index (χ4n) is 1.62. The van der Waals surface area contributed by atoms with Gasteiger partial charge in [-0.15, -0.1) is 0 Å². The Morgan fingerprint density at radius 1 is 1.28 bits per heavy atom. The van der Waals surface area contributed by atoms with Crippen molar-refractivity contribution in [2.24, 2.45) is 7.05 Å². The number of halogens is 2. The minimum absolute atomic E-state index is 0.420. The second kappa shape index (κ2) is 5.63. The Kier molecular flexibility index (Phi) is 4.15. The van der Waals surface area contributed by atoms with Crippen LogP contribution < -0.4 is 4.74 Å². The summed E-state index contributed by atoms with van der Waals surface area (Å²) in [5.41, 5.74) is 2.05. The van der Waals surface area contributed by atoms with E-state index >= 15 is 0 Å². The largest absolute Gasteiger partial charge is 0.486 e. The van der Waals surface area contributed by atoms with E-state index in [2.05, 4.69) is 12.0 Å². The van der Waals surface area contributed by atoms with Crippen LogP contribution in [0.1, 0.15) is 18.3 Å². The number of benzene rings is 1. The van der Waals surface area contributed by atoms with Crippen molar-refractivity contribution < 1.29 is 4.74 Å². The van der Waals surface area contributed by atoms with Gasteiger partial charge in [-0.3, -0.25) is 4.68 Å². The Bertz CT molecular complexity index is 552. The van der Waals surface area contributed by atoms with E-state index < -0.39 is 0 Å². The van der Waals surface area contributed by atoms with Crippen LogP contribution in [-0.4, -0.2) is 9.78 Å². The molecule has 3 nitrogen and oxygen atoms in total. The molecule has 0 atom stereocenters. The van der Waals surface area contributed by atoms with Gasteiger partial charge in [-0.1, -0.05) is 30.1 Å². The van der Waals surface area contributed by atoms with Crippen LogP contribution in [0.25, 0.3) is 0 Å². The molecule has 0 N–H and O–H groups in total. The monoisotopic (exact) mass is 284 g/mol. The molecule has 0 bridgehead atoms. The molecular formula is C13H14Cl2N2O. The standard InChI is InChI=1S/C13H14Cl2N2O/c1-3-10-7-11(17(2)16-10)8-18-13-6-9(14)4-5-12(13)15/h4-7H,3,8H2,1-2H3. The molecule has 0 unspecified atom stereocenters. The first-order chi connectivity index (χ1) is 8.60. The summed E-state index contributed by atoms with van der Waals surface area (Å²) in [5, 5.41) is 5.52. The predicted molar refractivity (Wildman–Crippen MR) is 73.4 cm³/mol. The van der Waals surface area contributed by atoms with Gasteiger partial charge in [0, 0.05) is 18.1 Å². The smallest absolute Gasteiger partial charge is 0.139 e. The second-order valence-corrected chi connectivity index (χ2v) is 4.81. The number of aryl methyl sites for hydroxylation is 2. The van der Waals surface area contributed by atoms with Gasteiger partial charge in [0.25, 0.3) is 0 Å². The van der Waals surface area contributed by atoms with Gasteiger partial charge < -0.3 is 4.74 Å². The van der Waals surface area contributed by atoms with Crippen LogP contribution >= 0.6 is 23.2 Å². The highest BCUT2D eigenvalue weighted by molar-refractivity contribution is 6.34. The molecule has 0 aliphatic rings. The quantitative estimate of drug-likeness (QED) is 0.852. The van der Waals surface area contributed by atoms with Crippen LogP contribution in [0.4, 0.5) is 0 Å². The van der Waals surface area contributed by atoms with E-state index in [1.807, 2.05) is 17.8 Å². The molecule has 0 amide bonds. The van der Waals surface area contributed by atoms with E-state index in [0.717, 1.165) is 17.8 Å². The van der Waals surface area contributed by atoms with Crippen molar-refractivity contribution in [1.82, 2.24) is 9.78 Å². The highest BCUT2D eigenvalue weighted by Crippen LogP contribution is 2.28. The van der Waals surface area contributed by atoms with Crippen LogP contribution in [0.15, 0.2) is 24.3 Å². The van der Waals surface area contributed by atoms with Gasteiger partial charge in [-0.05, 0) is 24.6 Å². The summed E-state index contributed by atoms with van der Waals surface area (Å²) < 4.78 is 7.48. The van der Waals surface area contributed by atoms with Crippen molar-refractivity contribution in [3.63, 3.8) is 0 Å². The molecule has 2 aromatic rings. The van der Waals surface area contributed by atoms with E-state index in [-0.39, 0.29) is 0 Å². The lowest BCUT2D eigenvalue weighted by Crippen LogP contribution is -2.03. The summed E-state index contributed by atoms with van der Waals surface area (Å²) in [6, 6.07) is 7.19. The zero-order valence-corrected chi connectivity index (χ0v) is 11.8. The molecule has 0 spiro atoms. The lowest BCUT2D eigenvalue weighted by atomic mass is 10.3. The van der Waals surface area contributed by atoms with Gasteiger partial charge in [-0.2, -0.15) is 5.10 Å². The predicted octanol–water partition coefficient (Wildman–Crippen LogP) is 3.87. The van der Waals surface area contributed by atoms with Crippen LogP contribution in [0.3, 0.4) is 0 Å². The maximum atomic E-state index is 6.03. The molecule has 1 aromatic heterocycles. The molecule has 0 aliphatic carbocycles. The van der Waals surface area contributed by atoms with Crippen molar-refractivity contribution in [2.45, 2.75) is 20.0 Å². The van der Waals surface area contributed by atoms with Gasteiger partial charge in [-0.25, -0.2) is 0 Å². The van der Waals surface area contributed by atoms with E-state index in [9.17, 15) is 0 Å². The third-order valence-corrected chi connectivity index (χ3v) is 3.21. The summed E-state index contributed by atoms with van der Waals surface area (Å²) in [7, 11) is 1.90. The topological polar surface area (TPSA) is 27.1 Å². The molecule has 96 valence electrons. The molecular weight excluding hydrogens is 271 g/mol. The molecule has 2 rings (SSSR count). The van der Waals surface area contributed by atoms with Gasteiger partial charge in [0.1, 0.15) is 12.4 Å². The summed E-state index contributed by atoms with van der Waals surface area (Å²) >= 11 is 11.9. The molecule has 0 radical (unpaired) electrons. The fourth-order valence-corrected chi connectivity index (χ4v) is 1.95. The Balaban J connectivity index is 2.11. The van der Waals surface area contributed by atoms with E-state index in [1.165, 1.54) is 0 Å². The number of hydrogen-bond donors (Lipinski definition) is 0. The summed E-state index contributed by atoms with van der Waals surface area (Å²) in [6.45, 7) is 2.49. The van der Waals surface area contributed by atoms with Gasteiger partial charge in [0.15, 0.2) is 0 Å². The SMILES string of the molecule is CCc1cc(COc2cc(Cl)ccc2Cl)n(C)n1. The van der Waals surface area contributed by atoms with Crippen molar-refractivity contribution in [3.8, 4) is 5.75 Å². The number of rotatable bonds is 4. The van der Waals surface area contributed by atoms with Crippen molar-refractivity contribution in [3.05, 3.63) is 45.7 Å². The first kappa shape index (κ1) is 13.2. The van der Waals surface area contributed by atoms with Crippen LogP contribution in [0.2, 0.25) is 10.0 Å². The third-order valence-electron chi connectivity index (χ3n) is 2.66. The Morgan fingerprint density at radius 2 is 2.06 bits per heavy atom. The lowest BCUT2D eigenvalue weighted by Gasteiger charge is -2.08. The number of ether oxygens (including phenoxy) is 1. The number of nitrogens with zero attached hydrogens (tertiary/aromatic N) is 2. The Morgan fingerprint density at radius 3 is 2.72 bits per heavy atom. The van der Waals surface area contributed by atoms with E-state index in [1.54, 1.807) is 18.2 Å². The third kappa shape index (κ3) is 2.98. The van der Waals surface area contributed by atoms with Gasteiger partial charge in [0.05, 0.1) is 16.4 Å². The molecule has 18 heavy (non-hydrogen) atoms. The highest BCUT2D eigenvalue weighted by atomic mass is 35.5. The molecule has 0 saturated heterocycles. The van der Waals surface area contributed by atoms with Crippen LogP contribution in [0, 0.1) is 0 Å². The minimum Gasteiger partial charge on any atom is -0.486 e. The van der Waals surface area contributed by atoms with Crippen LogP contribution in [-0.2, 0) is 20.1 Å². The average molecular weight is 285 g/mol. The lowest BCUT2D eigenvalue weighted by molar-refractivity contribution is 0.295. The van der Waals surface area contributed by atoms with Crippen LogP contribution in [0.5, 0.6) is 5.75 Å². The zero-order chi connectivity index (χ0) is 13.1. The molecule has 5 heteroatoms. The molecule has 0 saturated carbocycles. The second-order valence-electron chi connectivity index (χ2n) is 3.97. The maximum Gasteiger partial charge on any atom is 0.139 e. The number of aromatic nitrogens is 2. The van der Waals surface area contributed by atoms with E-state index in [0.29, 0.717) is 22.4 Å². The zero-order valence-electron chi connectivity index (χ0n) is 10.3. The molecule has 0 aliphatic heterocycles. The highest BCUT2D eigenvalue weighted by Gasteiger charge is 2.07. The summed E-state index contributed by atoms with van der Waals surface area (Å²) in [4.78, 5) is 0. The first-order valence-corrected chi connectivity index (χ1v) is 6.45. The van der Waals surface area contributed by atoms with Gasteiger partial charge >= 0.3 is 0 Å². The molecule has 1 aromatic carbocycles. The average Bonchev–Trinajstić information content (AvgIpc) is 2.71. The summed E-state index contributed by atoms with van der Waals surface area (Å²) in [6.07, 6.45) is 0.908. The normalized spacial score (nSPS) is 10.7. The van der Waals surface area contributed by atoms with Crippen molar-refractivity contribution >= 4 is 23.2 Å². The Hall–Kier alpha value is -1.19. The van der Waals surface area contributed by atoms with E-state index in [4.69, 9.17) is 27.9 Å². The van der Waals surface area contributed by atoms with Gasteiger partial charge in [0.2, 0.25) is 0 Å². The fraction of sp³-hybridized carbons (Fsp3) is 0.308. The molecule has 1 heterocycles.